The Morgan fingerprint density at radius 1 is 1.03 bits per heavy atom. The molecule has 10 heteroatoms. The first-order valence-corrected chi connectivity index (χ1v) is 11.6. The van der Waals surface area contributed by atoms with E-state index in [0.717, 1.165) is 18.2 Å². The van der Waals surface area contributed by atoms with Crippen LogP contribution < -0.4 is 10.0 Å². The molecule has 0 bridgehead atoms. The van der Waals surface area contributed by atoms with E-state index in [2.05, 4.69) is 10.0 Å². The van der Waals surface area contributed by atoms with Crippen LogP contribution in [0.2, 0.25) is 5.02 Å². The average molecular weight is 491 g/mol. The monoisotopic (exact) mass is 490 g/mol. The molecule has 33 heavy (non-hydrogen) atoms. The largest absolute Gasteiger partial charge is 0.469 e. The number of carbonyl (C=O) groups is 2. The number of benzene rings is 3. The molecule has 0 fully saturated rings. The van der Waals surface area contributed by atoms with Crippen LogP contribution in [0.4, 0.5) is 10.1 Å². The van der Waals surface area contributed by atoms with Gasteiger partial charge in [-0.1, -0.05) is 41.9 Å². The fourth-order valence-electron chi connectivity index (χ4n) is 3.01. The minimum Gasteiger partial charge on any atom is -0.469 e. The van der Waals surface area contributed by atoms with Gasteiger partial charge in [-0.15, -0.1) is 0 Å². The van der Waals surface area contributed by atoms with E-state index >= 15 is 0 Å². The van der Waals surface area contributed by atoms with Gasteiger partial charge in [0.25, 0.3) is 15.9 Å². The van der Waals surface area contributed by atoms with E-state index in [-0.39, 0.29) is 27.6 Å². The van der Waals surface area contributed by atoms with Gasteiger partial charge in [0.15, 0.2) is 0 Å². The molecule has 172 valence electrons. The summed E-state index contributed by atoms with van der Waals surface area (Å²) < 4.78 is 45.8. The lowest BCUT2D eigenvalue weighted by Crippen LogP contribution is -2.30. The number of carbonyl (C=O) groups excluding carboxylic acids is 2. The van der Waals surface area contributed by atoms with Gasteiger partial charge >= 0.3 is 5.97 Å². The van der Waals surface area contributed by atoms with Gasteiger partial charge in [-0.05, 0) is 48.0 Å². The molecule has 1 atom stereocenters. The van der Waals surface area contributed by atoms with Crippen molar-refractivity contribution in [2.75, 3.05) is 11.8 Å². The van der Waals surface area contributed by atoms with Crippen molar-refractivity contribution in [3.8, 4) is 0 Å². The van der Waals surface area contributed by atoms with E-state index in [1.807, 2.05) is 0 Å². The second kappa shape index (κ2) is 10.5. The third-order valence-electron chi connectivity index (χ3n) is 4.69. The molecular formula is C23H20ClFN2O5S. The second-order valence-corrected chi connectivity index (χ2v) is 9.03. The summed E-state index contributed by atoms with van der Waals surface area (Å²) in [6, 6.07) is 16.6. The Balaban J connectivity index is 1.87. The van der Waals surface area contributed by atoms with Crippen LogP contribution in [0.3, 0.4) is 0 Å². The van der Waals surface area contributed by atoms with Crippen LogP contribution in [-0.2, 0) is 19.6 Å². The number of sulfonamides is 1. The lowest BCUT2D eigenvalue weighted by molar-refractivity contribution is -0.141. The maximum Gasteiger partial charge on any atom is 0.307 e. The smallest absolute Gasteiger partial charge is 0.307 e. The summed E-state index contributed by atoms with van der Waals surface area (Å²) >= 11 is 6.09. The predicted molar refractivity (Wildman–Crippen MR) is 122 cm³/mol. The molecule has 0 heterocycles. The topological polar surface area (TPSA) is 102 Å². The van der Waals surface area contributed by atoms with Gasteiger partial charge in [0, 0.05) is 11.3 Å². The summed E-state index contributed by atoms with van der Waals surface area (Å²) in [4.78, 5) is 24.4. The SMILES string of the molecule is COC(=O)CC(NC(=O)c1ccc(Cl)c(S(=O)(=O)Nc2ccc(F)cc2)c1)c1ccccc1. The maximum atomic E-state index is 13.1. The summed E-state index contributed by atoms with van der Waals surface area (Å²) in [6.07, 6.45) is -0.114. The quantitative estimate of drug-likeness (QED) is 0.458. The standard InChI is InChI=1S/C23H20ClFN2O5S/c1-32-22(28)14-20(15-5-3-2-4-6-15)26-23(29)16-7-12-19(24)21(13-16)33(30,31)27-18-10-8-17(25)9-11-18/h2-13,20,27H,14H2,1H3,(H,26,29). The van der Waals surface area contributed by atoms with Crippen LogP contribution in [0.1, 0.15) is 28.4 Å². The van der Waals surface area contributed by atoms with Crippen molar-refractivity contribution in [3.05, 3.63) is 94.8 Å². The highest BCUT2D eigenvalue weighted by Gasteiger charge is 2.23. The van der Waals surface area contributed by atoms with Gasteiger partial charge < -0.3 is 10.1 Å². The Kier molecular flexibility index (Phi) is 7.67. The average Bonchev–Trinajstić information content (AvgIpc) is 2.80. The zero-order valence-electron chi connectivity index (χ0n) is 17.4. The number of esters is 1. The van der Waals surface area contributed by atoms with Crippen molar-refractivity contribution in [1.29, 1.82) is 0 Å². The van der Waals surface area contributed by atoms with Crippen LogP contribution in [0.15, 0.2) is 77.7 Å². The molecular weight excluding hydrogens is 471 g/mol. The van der Waals surface area contributed by atoms with Gasteiger partial charge in [-0.2, -0.15) is 0 Å². The highest BCUT2D eigenvalue weighted by Crippen LogP contribution is 2.26. The zero-order valence-corrected chi connectivity index (χ0v) is 19.0. The third-order valence-corrected chi connectivity index (χ3v) is 6.55. The first-order valence-electron chi connectivity index (χ1n) is 9.70. The van der Waals surface area contributed by atoms with E-state index in [1.54, 1.807) is 30.3 Å². The fourth-order valence-corrected chi connectivity index (χ4v) is 4.59. The molecule has 2 N–H and O–H groups in total. The second-order valence-electron chi connectivity index (χ2n) is 6.97. The van der Waals surface area contributed by atoms with E-state index in [0.29, 0.717) is 5.56 Å². The molecule has 1 amide bonds. The molecule has 1 unspecified atom stereocenters. The van der Waals surface area contributed by atoms with Gasteiger partial charge in [0.05, 0.1) is 24.6 Å². The van der Waals surface area contributed by atoms with Crippen LogP contribution >= 0.6 is 11.6 Å². The minimum absolute atomic E-state index is 0.0182. The zero-order chi connectivity index (χ0) is 24.0. The van der Waals surface area contributed by atoms with E-state index in [9.17, 15) is 22.4 Å². The van der Waals surface area contributed by atoms with Crippen molar-refractivity contribution < 1.29 is 27.1 Å². The molecule has 3 aromatic carbocycles. The lowest BCUT2D eigenvalue weighted by atomic mass is 10.0. The highest BCUT2D eigenvalue weighted by molar-refractivity contribution is 7.92. The highest BCUT2D eigenvalue weighted by atomic mass is 35.5. The Morgan fingerprint density at radius 3 is 2.33 bits per heavy atom. The Hall–Kier alpha value is -3.43. The number of rotatable bonds is 8. The molecule has 0 aliphatic heterocycles. The van der Waals surface area contributed by atoms with E-state index < -0.39 is 33.8 Å². The summed E-state index contributed by atoms with van der Waals surface area (Å²) in [5.74, 6) is -1.65. The molecule has 7 nitrogen and oxygen atoms in total. The maximum absolute atomic E-state index is 13.1. The number of hydrogen-bond donors (Lipinski definition) is 2. The van der Waals surface area contributed by atoms with Gasteiger partial charge in [0.1, 0.15) is 10.7 Å². The van der Waals surface area contributed by atoms with Gasteiger partial charge in [-0.25, -0.2) is 12.8 Å². The number of methoxy groups -OCH3 is 1. The Labute approximate surface area is 195 Å². The molecule has 0 saturated heterocycles. The number of anilines is 1. The summed E-state index contributed by atoms with van der Waals surface area (Å²) in [6.45, 7) is 0. The molecule has 3 rings (SSSR count). The van der Waals surface area contributed by atoms with Crippen molar-refractivity contribution in [1.82, 2.24) is 5.32 Å². The molecule has 0 saturated carbocycles. The number of ether oxygens (including phenoxy) is 1. The number of halogens is 2. The van der Waals surface area contributed by atoms with Crippen LogP contribution in [-0.4, -0.2) is 27.4 Å². The fraction of sp³-hybridized carbons (Fsp3) is 0.130. The summed E-state index contributed by atoms with van der Waals surface area (Å²) in [5.41, 5.74) is 0.824. The van der Waals surface area contributed by atoms with E-state index in [1.165, 1.54) is 31.4 Å². The van der Waals surface area contributed by atoms with Crippen molar-refractivity contribution >= 4 is 39.2 Å². The van der Waals surface area contributed by atoms with Crippen LogP contribution in [0, 0.1) is 5.82 Å². The predicted octanol–water partition coefficient (Wildman–Crippen LogP) is 4.31. The van der Waals surface area contributed by atoms with Crippen molar-refractivity contribution in [2.24, 2.45) is 0 Å². The molecule has 0 aliphatic rings. The van der Waals surface area contributed by atoms with Crippen molar-refractivity contribution in [3.63, 3.8) is 0 Å². The lowest BCUT2D eigenvalue weighted by Gasteiger charge is -2.19. The summed E-state index contributed by atoms with van der Waals surface area (Å²) in [5, 5.41) is 2.63. The van der Waals surface area contributed by atoms with Crippen LogP contribution in [0.5, 0.6) is 0 Å². The van der Waals surface area contributed by atoms with Gasteiger partial charge in [0.2, 0.25) is 0 Å². The number of hydrogen-bond acceptors (Lipinski definition) is 5. The first-order chi connectivity index (χ1) is 15.7. The van der Waals surface area contributed by atoms with Crippen molar-refractivity contribution in [2.45, 2.75) is 17.4 Å². The minimum atomic E-state index is -4.17. The normalized spacial score (nSPS) is 12.0. The molecule has 0 radical (unpaired) electrons. The molecule has 0 aromatic heterocycles. The first kappa shape index (κ1) is 24.2. The number of amides is 1. The third kappa shape index (κ3) is 6.30. The van der Waals surface area contributed by atoms with Gasteiger partial charge in [-0.3, -0.25) is 14.3 Å². The Morgan fingerprint density at radius 2 is 1.70 bits per heavy atom. The molecule has 0 spiro atoms. The summed E-state index contributed by atoms with van der Waals surface area (Å²) in [7, 11) is -2.93. The molecule has 3 aromatic rings. The van der Waals surface area contributed by atoms with E-state index in [4.69, 9.17) is 16.3 Å². The Bertz CT molecular complexity index is 1250. The number of nitrogens with one attached hydrogen (secondary N) is 2. The van der Waals surface area contributed by atoms with Crippen LogP contribution in [0.25, 0.3) is 0 Å². The molecule has 0 aliphatic carbocycles.